The van der Waals surface area contributed by atoms with Crippen LogP contribution in [-0.4, -0.2) is 38.6 Å². The van der Waals surface area contributed by atoms with Crippen molar-refractivity contribution in [2.75, 3.05) is 13.2 Å². The maximum absolute atomic E-state index is 6.53. The minimum atomic E-state index is -1.09. The van der Waals surface area contributed by atoms with Gasteiger partial charge in [0.25, 0.3) is 0 Å². The third kappa shape index (κ3) is 4.25. The summed E-state index contributed by atoms with van der Waals surface area (Å²) >= 11 is 12.6. The molecule has 0 aliphatic carbocycles. The van der Waals surface area contributed by atoms with Gasteiger partial charge in [0.2, 0.25) is 5.79 Å². The summed E-state index contributed by atoms with van der Waals surface area (Å²) in [4.78, 5) is 4.12. The van der Waals surface area contributed by atoms with Crippen LogP contribution in [0.2, 0.25) is 10.0 Å². The van der Waals surface area contributed by atoms with E-state index in [1.54, 1.807) is 35.5 Å². The number of aromatic nitrogens is 4. The van der Waals surface area contributed by atoms with Crippen LogP contribution in [0, 0.1) is 0 Å². The van der Waals surface area contributed by atoms with E-state index in [9.17, 15) is 0 Å². The maximum atomic E-state index is 6.53. The Morgan fingerprint density at radius 1 is 1.09 bits per heavy atom. The molecule has 0 N–H and O–H groups in total. The second-order valence-corrected chi connectivity index (χ2v) is 8.24. The fourth-order valence-electron chi connectivity index (χ4n) is 3.74. The van der Waals surface area contributed by atoms with Gasteiger partial charge in [-0.1, -0.05) is 41.4 Å². The van der Waals surface area contributed by atoms with Crippen molar-refractivity contribution in [1.29, 1.82) is 0 Å². The van der Waals surface area contributed by atoms with E-state index in [-0.39, 0.29) is 6.10 Å². The molecule has 7 nitrogen and oxygen atoms in total. The van der Waals surface area contributed by atoms with Crippen LogP contribution in [0.15, 0.2) is 79.6 Å². The Morgan fingerprint density at radius 3 is 2.78 bits per heavy atom. The number of hydrogen-bond acceptors (Lipinski definition) is 5. The lowest BCUT2D eigenvalue weighted by Crippen LogP contribution is -2.34. The first kappa shape index (κ1) is 21.0. The number of benzene rings is 2. The molecule has 0 amide bonds. The fraction of sp³-hybridized carbons (Fsp3) is 0.217. The predicted molar refractivity (Wildman–Crippen MR) is 120 cm³/mol. The molecule has 32 heavy (non-hydrogen) atoms. The van der Waals surface area contributed by atoms with Crippen molar-refractivity contribution in [2.24, 2.45) is 0 Å². The highest BCUT2D eigenvalue weighted by Crippen LogP contribution is 2.40. The summed E-state index contributed by atoms with van der Waals surface area (Å²) in [5.74, 6) is -0.380. The Kier molecular flexibility index (Phi) is 5.89. The van der Waals surface area contributed by atoms with Crippen molar-refractivity contribution >= 4 is 23.2 Å². The smallest absolute Gasteiger partial charge is 0.215 e. The third-order valence-corrected chi connectivity index (χ3v) is 5.74. The van der Waals surface area contributed by atoms with Gasteiger partial charge in [-0.2, -0.15) is 5.10 Å². The molecule has 0 bridgehead atoms. The second-order valence-electron chi connectivity index (χ2n) is 7.39. The third-order valence-electron chi connectivity index (χ3n) is 5.19. The summed E-state index contributed by atoms with van der Waals surface area (Å²) < 4.78 is 22.4. The zero-order chi connectivity index (χ0) is 22.0. The molecule has 5 rings (SSSR count). The number of para-hydroxylation sites is 2. The molecule has 9 heteroatoms. The minimum Gasteiger partial charge on any atom is -0.489 e. The standard InChI is InChI=1S/C23H20Cl2N4O3/c24-17-6-7-19(20(25)12-17)23(15-28-11-9-26-16-28)31-14-18(32-23)13-30-22-5-2-1-4-21(22)29-10-3-8-27-29/h1-12,16,18H,13-15H2. The molecule has 4 aromatic rings. The van der Waals surface area contributed by atoms with Crippen molar-refractivity contribution < 1.29 is 14.2 Å². The lowest BCUT2D eigenvalue weighted by Gasteiger charge is -2.30. The van der Waals surface area contributed by atoms with E-state index in [2.05, 4.69) is 10.1 Å². The van der Waals surface area contributed by atoms with Gasteiger partial charge < -0.3 is 18.8 Å². The van der Waals surface area contributed by atoms with E-state index in [4.69, 9.17) is 37.4 Å². The molecule has 0 radical (unpaired) electrons. The SMILES string of the molecule is Clc1ccc(C2(Cn3ccnc3)OCC(COc3ccccc3-n3cccn3)O2)c(Cl)c1. The van der Waals surface area contributed by atoms with E-state index < -0.39 is 5.79 Å². The van der Waals surface area contributed by atoms with Crippen LogP contribution in [0.3, 0.4) is 0 Å². The molecular formula is C23H20Cl2N4O3. The van der Waals surface area contributed by atoms with Crippen LogP contribution >= 0.6 is 23.2 Å². The van der Waals surface area contributed by atoms with Crippen molar-refractivity contribution in [3.63, 3.8) is 0 Å². The lowest BCUT2D eigenvalue weighted by atomic mass is 10.1. The second kappa shape index (κ2) is 8.96. The molecular weight excluding hydrogens is 451 g/mol. The van der Waals surface area contributed by atoms with Crippen LogP contribution < -0.4 is 4.74 Å². The Bertz CT molecular complexity index is 1180. The molecule has 0 spiro atoms. The number of rotatable bonds is 7. The summed E-state index contributed by atoms with van der Waals surface area (Å²) in [6, 6.07) is 14.9. The van der Waals surface area contributed by atoms with E-state index >= 15 is 0 Å². The summed E-state index contributed by atoms with van der Waals surface area (Å²) in [5.41, 5.74) is 1.55. The Balaban J connectivity index is 1.37. The van der Waals surface area contributed by atoms with E-state index in [1.165, 1.54) is 0 Å². The molecule has 3 heterocycles. The molecule has 1 saturated heterocycles. The molecule has 2 unspecified atom stereocenters. The Labute approximate surface area is 195 Å². The van der Waals surface area contributed by atoms with Crippen LogP contribution in [0.25, 0.3) is 5.69 Å². The lowest BCUT2D eigenvalue weighted by molar-refractivity contribution is -0.189. The predicted octanol–water partition coefficient (Wildman–Crippen LogP) is 4.72. The van der Waals surface area contributed by atoms with Gasteiger partial charge in [0, 0.05) is 35.4 Å². The van der Waals surface area contributed by atoms with E-state index in [0.717, 1.165) is 5.69 Å². The molecule has 0 saturated carbocycles. The zero-order valence-electron chi connectivity index (χ0n) is 17.0. The molecule has 164 valence electrons. The summed E-state index contributed by atoms with van der Waals surface area (Å²) in [6.45, 7) is 1.03. The van der Waals surface area contributed by atoms with Crippen LogP contribution in [0.1, 0.15) is 5.56 Å². The van der Waals surface area contributed by atoms with Crippen molar-refractivity contribution in [3.8, 4) is 11.4 Å². The molecule has 1 aliphatic heterocycles. The van der Waals surface area contributed by atoms with Gasteiger partial charge in [-0.15, -0.1) is 0 Å². The Hall–Kier alpha value is -2.84. The highest BCUT2D eigenvalue weighted by molar-refractivity contribution is 6.35. The van der Waals surface area contributed by atoms with Crippen molar-refractivity contribution in [2.45, 2.75) is 18.4 Å². The van der Waals surface area contributed by atoms with Gasteiger partial charge in [0.1, 0.15) is 24.1 Å². The highest BCUT2D eigenvalue weighted by atomic mass is 35.5. The topological polar surface area (TPSA) is 63.3 Å². The number of imidazole rings is 1. The fourth-order valence-corrected chi connectivity index (χ4v) is 4.29. The van der Waals surface area contributed by atoms with Gasteiger partial charge in [-0.3, -0.25) is 0 Å². The van der Waals surface area contributed by atoms with Crippen molar-refractivity contribution in [1.82, 2.24) is 19.3 Å². The number of halogens is 2. The van der Waals surface area contributed by atoms with Gasteiger partial charge in [-0.05, 0) is 30.3 Å². The van der Waals surface area contributed by atoms with Gasteiger partial charge in [-0.25, -0.2) is 9.67 Å². The maximum Gasteiger partial charge on any atom is 0.215 e. The monoisotopic (exact) mass is 470 g/mol. The first-order chi connectivity index (χ1) is 15.6. The number of hydrogen-bond donors (Lipinski definition) is 0. The molecule has 2 aromatic heterocycles. The van der Waals surface area contributed by atoms with Crippen LogP contribution in [0.4, 0.5) is 0 Å². The normalized spacial score (nSPS) is 20.5. The average molecular weight is 471 g/mol. The number of ether oxygens (including phenoxy) is 3. The van der Waals surface area contributed by atoms with Crippen LogP contribution in [0.5, 0.6) is 5.75 Å². The zero-order valence-corrected chi connectivity index (χ0v) is 18.5. The average Bonchev–Trinajstić information content (AvgIpc) is 3.56. The Morgan fingerprint density at radius 2 is 2.00 bits per heavy atom. The van der Waals surface area contributed by atoms with Gasteiger partial charge in [0.05, 0.1) is 24.5 Å². The molecule has 2 aromatic carbocycles. The quantitative estimate of drug-likeness (QED) is 0.390. The molecule has 1 aliphatic rings. The van der Waals surface area contributed by atoms with Crippen molar-refractivity contribution in [3.05, 3.63) is 95.3 Å². The van der Waals surface area contributed by atoms with Gasteiger partial charge >= 0.3 is 0 Å². The first-order valence-corrected chi connectivity index (χ1v) is 10.8. The summed E-state index contributed by atoms with van der Waals surface area (Å²) in [7, 11) is 0. The summed E-state index contributed by atoms with van der Waals surface area (Å²) in [6.07, 6.45) is 8.56. The van der Waals surface area contributed by atoms with Crippen LogP contribution in [-0.2, 0) is 21.8 Å². The minimum absolute atomic E-state index is 0.301. The van der Waals surface area contributed by atoms with E-state index in [0.29, 0.717) is 41.1 Å². The highest BCUT2D eigenvalue weighted by Gasteiger charge is 2.45. The number of nitrogens with zero attached hydrogens (tertiary/aromatic N) is 4. The molecule has 2 atom stereocenters. The summed E-state index contributed by atoms with van der Waals surface area (Å²) in [5, 5.41) is 5.32. The van der Waals surface area contributed by atoms with Gasteiger partial charge in [0.15, 0.2) is 0 Å². The largest absolute Gasteiger partial charge is 0.489 e. The van der Waals surface area contributed by atoms with E-state index in [1.807, 2.05) is 53.4 Å². The molecule has 1 fully saturated rings. The first-order valence-electron chi connectivity index (χ1n) is 10.1.